The van der Waals surface area contributed by atoms with Gasteiger partial charge in [-0.15, -0.1) is 0 Å². The molecular formula is C16H23NO5. The number of nitrogens with one attached hydrogen (secondary N) is 1. The molecule has 1 amide bonds. The number of ether oxygens (including phenoxy) is 1. The van der Waals surface area contributed by atoms with E-state index in [-0.39, 0.29) is 12.5 Å². The highest BCUT2D eigenvalue weighted by Crippen LogP contribution is 2.24. The highest BCUT2D eigenvalue weighted by molar-refractivity contribution is 5.73. The zero-order valence-electron chi connectivity index (χ0n) is 12.6. The van der Waals surface area contributed by atoms with Gasteiger partial charge in [0.1, 0.15) is 18.3 Å². The van der Waals surface area contributed by atoms with Crippen LogP contribution in [-0.2, 0) is 16.0 Å². The van der Waals surface area contributed by atoms with E-state index in [0.29, 0.717) is 12.8 Å². The van der Waals surface area contributed by atoms with Gasteiger partial charge in [0.25, 0.3) is 0 Å². The van der Waals surface area contributed by atoms with Crippen molar-refractivity contribution in [2.24, 2.45) is 0 Å². The molecule has 22 heavy (non-hydrogen) atoms. The van der Waals surface area contributed by atoms with E-state index < -0.39 is 30.5 Å². The largest absolute Gasteiger partial charge is 0.394 e. The molecule has 1 saturated heterocycles. The van der Waals surface area contributed by atoms with Gasteiger partial charge in [0.15, 0.2) is 0 Å². The van der Waals surface area contributed by atoms with Gasteiger partial charge >= 0.3 is 0 Å². The molecule has 0 aliphatic carbocycles. The Morgan fingerprint density at radius 2 is 1.86 bits per heavy atom. The number of aryl methyl sites for hydroxylation is 1. The number of benzene rings is 1. The molecule has 5 atom stereocenters. The molecule has 1 aromatic rings. The van der Waals surface area contributed by atoms with Gasteiger partial charge < -0.3 is 25.4 Å². The van der Waals surface area contributed by atoms with Crippen LogP contribution < -0.4 is 5.32 Å². The molecule has 0 radical (unpaired) electrons. The summed E-state index contributed by atoms with van der Waals surface area (Å²) in [6.07, 6.45) is -2.44. The highest BCUT2D eigenvalue weighted by Gasteiger charge is 2.44. The summed E-state index contributed by atoms with van der Waals surface area (Å²) in [5.74, 6) is -0.299. The third kappa shape index (κ3) is 4.04. The second kappa shape index (κ2) is 7.69. The summed E-state index contributed by atoms with van der Waals surface area (Å²) >= 11 is 0. The van der Waals surface area contributed by atoms with E-state index in [1.807, 2.05) is 30.3 Å². The maximum atomic E-state index is 11.3. The summed E-state index contributed by atoms with van der Waals surface area (Å²) in [5.41, 5.74) is 1.12. The van der Waals surface area contributed by atoms with Crippen molar-refractivity contribution in [3.8, 4) is 0 Å². The molecular weight excluding hydrogens is 286 g/mol. The first kappa shape index (κ1) is 16.9. The van der Waals surface area contributed by atoms with E-state index in [4.69, 9.17) is 4.74 Å². The number of rotatable bonds is 5. The molecule has 2 rings (SSSR count). The van der Waals surface area contributed by atoms with Crippen LogP contribution in [0.2, 0.25) is 0 Å². The Hall–Kier alpha value is -1.47. The summed E-state index contributed by atoms with van der Waals surface area (Å²) in [6, 6.07) is 9.10. The zero-order chi connectivity index (χ0) is 16.1. The lowest BCUT2D eigenvalue weighted by Gasteiger charge is -2.42. The summed E-state index contributed by atoms with van der Waals surface area (Å²) < 4.78 is 5.68. The minimum absolute atomic E-state index is 0.299. The second-order valence-corrected chi connectivity index (χ2v) is 5.63. The molecule has 6 heteroatoms. The molecule has 1 aliphatic rings. The van der Waals surface area contributed by atoms with Crippen molar-refractivity contribution in [2.45, 2.75) is 50.2 Å². The molecule has 0 unspecified atom stereocenters. The lowest BCUT2D eigenvalue weighted by Crippen LogP contribution is -2.64. The van der Waals surface area contributed by atoms with Crippen LogP contribution in [0.3, 0.4) is 0 Å². The Balaban J connectivity index is 2.07. The standard InChI is InChI=1S/C16H23NO5/c1-10(19)17-14-12(8-7-11-5-3-2-4-6-11)22-13(9-18)15(20)16(14)21/h2-6,12-16,18,20-21H,7-9H2,1H3,(H,17,19)/t12-,13-,14+,15+,16-/m1/s1. The average Bonchev–Trinajstić information content (AvgIpc) is 2.52. The van der Waals surface area contributed by atoms with Crippen molar-refractivity contribution in [2.75, 3.05) is 6.61 Å². The van der Waals surface area contributed by atoms with Crippen LogP contribution in [0.25, 0.3) is 0 Å². The number of amides is 1. The molecule has 0 bridgehead atoms. The Morgan fingerprint density at radius 3 is 2.45 bits per heavy atom. The minimum atomic E-state index is -1.23. The van der Waals surface area contributed by atoms with Gasteiger partial charge in [-0.25, -0.2) is 0 Å². The van der Waals surface area contributed by atoms with Gasteiger partial charge in [0, 0.05) is 6.92 Å². The van der Waals surface area contributed by atoms with Crippen molar-refractivity contribution >= 4 is 5.91 Å². The molecule has 0 spiro atoms. The van der Waals surface area contributed by atoms with Gasteiger partial charge in [0.2, 0.25) is 5.91 Å². The lowest BCUT2D eigenvalue weighted by molar-refractivity contribution is -0.196. The Bertz CT molecular complexity index is 481. The minimum Gasteiger partial charge on any atom is -0.394 e. The van der Waals surface area contributed by atoms with Crippen LogP contribution in [0.4, 0.5) is 0 Å². The smallest absolute Gasteiger partial charge is 0.217 e. The third-order valence-electron chi connectivity index (χ3n) is 3.96. The van der Waals surface area contributed by atoms with Crippen LogP contribution in [-0.4, -0.2) is 58.3 Å². The SMILES string of the molecule is CC(=O)N[C@@H]1[C@@H](O)[C@@H](O)[C@@H](CO)O[C@@H]1CCc1ccccc1. The number of hydrogen-bond acceptors (Lipinski definition) is 5. The lowest BCUT2D eigenvalue weighted by atomic mass is 9.89. The summed E-state index contributed by atoms with van der Waals surface area (Å²) in [6.45, 7) is 0.971. The highest BCUT2D eigenvalue weighted by atomic mass is 16.5. The fourth-order valence-corrected chi connectivity index (χ4v) is 2.81. The van der Waals surface area contributed by atoms with Crippen molar-refractivity contribution in [1.29, 1.82) is 0 Å². The molecule has 1 fully saturated rings. The average molecular weight is 309 g/mol. The molecule has 4 N–H and O–H groups in total. The van der Waals surface area contributed by atoms with Gasteiger partial charge in [-0.1, -0.05) is 30.3 Å². The van der Waals surface area contributed by atoms with E-state index in [1.54, 1.807) is 0 Å². The molecule has 1 aliphatic heterocycles. The van der Waals surface area contributed by atoms with Gasteiger partial charge in [-0.3, -0.25) is 4.79 Å². The van der Waals surface area contributed by atoms with E-state index in [2.05, 4.69) is 5.32 Å². The van der Waals surface area contributed by atoms with Gasteiger partial charge in [-0.05, 0) is 18.4 Å². The Kier molecular flexibility index (Phi) is 5.90. The number of carbonyl (C=O) groups is 1. The van der Waals surface area contributed by atoms with Crippen molar-refractivity contribution in [3.63, 3.8) is 0 Å². The van der Waals surface area contributed by atoms with Crippen LogP contribution in [0.5, 0.6) is 0 Å². The first-order valence-electron chi connectivity index (χ1n) is 7.46. The predicted octanol–water partition coefficient (Wildman–Crippen LogP) is -0.395. The van der Waals surface area contributed by atoms with Crippen LogP contribution in [0, 0.1) is 0 Å². The van der Waals surface area contributed by atoms with E-state index in [0.717, 1.165) is 5.56 Å². The topological polar surface area (TPSA) is 99.0 Å². The monoisotopic (exact) mass is 309 g/mol. The number of aliphatic hydroxyl groups is 3. The molecule has 1 aromatic carbocycles. The summed E-state index contributed by atoms with van der Waals surface area (Å²) in [7, 11) is 0. The molecule has 6 nitrogen and oxygen atoms in total. The van der Waals surface area contributed by atoms with Crippen LogP contribution in [0.1, 0.15) is 18.9 Å². The number of carbonyl (C=O) groups excluding carboxylic acids is 1. The summed E-state index contributed by atoms with van der Waals surface area (Å²) in [5, 5.41) is 32.0. The summed E-state index contributed by atoms with van der Waals surface area (Å²) in [4.78, 5) is 11.3. The first-order chi connectivity index (χ1) is 10.5. The third-order valence-corrected chi connectivity index (χ3v) is 3.96. The zero-order valence-corrected chi connectivity index (χ0v) is 12.6. The normalized spacial score (nSPS) is 31.7. The Morgan fingerprint density at radius 1 is 1.18 bits per heavy atom. The maximum Gasteiger partial charge on any atom is 0.217 e. The van der Waals surface area contributed by atoms with Crippen molar-refractivity contribution < 1.29 is 24.9 Å². The van der Waals surface area contributed by atoms with E-state index in [1.165, 1.54) is 6.92 Å². The van der Waals surface area contributed by atoms with Gasteiger partial charge in [0.05, 0.1) is 18.8 Å². The van der Waals surface area contributed by atoms with Gasteiger partial charge in [-0.2, -0.15) is 0 Å². The molecule has 122 valence electrons. The fourth-order valence-electron chi connectivity index (χ4n) is 2.81. The number of hydrogen-bond donors (Lipinski definition) is 4. The fraction of sp³-hybridized carbons (Fsp3) is 0.562. The maximum absolute atomic E-state index is 11.3. The van der Waals surface area contributed by atoms with Crippen molar-refractivity contribution in [1.82, 2.24) is 5.32 Å². The molecule has 0 aromatic heterocycles. The van der Waals surface area contributed by atoms with Crippen molar-refractivity contribution in [3.05, 3.63) is 35.9 Å². The molecule has 1 heterocycles. The van der Waals surface area contributed by atoms with E-state index in [9.17, 15) is 20.1 Å². The predicted molar refractivity (Wildman–Crippen MR) is 80.1 cm³/mol. The van der Waals surface area contributed by atoms with Crippen LogP contribution in [0.15, 0.2) is 30.3 Å². The second-order valence-electron chi connectivity index (χ2n) is 5.63. The Labute approximate surface area is 129 Å². The molecule has 0 saturated carbocycles. The first-order valence-corrected chi connectivity index (χ1v) is 7.46. The number of aliphatic hydroxyl groups excluding tert-OH is 3. The van der Waals surface area contributed by atoms with Crippen LogP contribution >= 0.6 is 0 Å². The van der Waals surface area contributed by atoms with E-state index >= 15 is 0 Å². The quantitative estimate of drug-likeness (QED) is 0.593.